The predicted octanol–water partition coefficient (Wildman–Crippen LogP) is 3.80. The number of amides is 2. The summed E-state index contributed by atoms with van der Waals surface area (Å²) in [5.41, 5.74) is -6.09. The molecule has 0 aliphatic carbocycles. The smallest absolute Gasteiger partial charge is 0.372 e. The van der Waals surface area contributed by atoms with Crippen LogP contribution in [-0.4, -0.2) is 59.9 Å². The molecule has 1 unspecified atom stereocenters. The molecule has 0 saturated carbocycles. The van der Waals surface area contributed by atoms with Gasteiger partial charge in [0.05, 0.1) is 18.7 Å². The topological polar surface area (TPSA) is 107 Å². The fourth-order valence-corrected chi connectivity index (χ4v) is 3.70. The van der Waals surface area contributed by atoms with Crippen molar-refractivity contribution in [2.24, 2.45) is 5.16 Å². The van der Waals surface area contributed by atoms with Crippen molar-refractivity contribution in [2.75, 3.05) is 20.2 Å². The SMILES string of the molecule is COCn1nc(C2(C(F)(F)F)CC(c3ccc(C(=O)NCC(=O)NCC(F)(F)F)c(C)c3)=NO2)cc1C(F)(F)F. The van der Waals surface area contributed by atoms with Gasteiger partial charge in [-0.3, -0.25) is 9.59 Å². The van der Waals surface area contributed by atoms with E-state index in [-0.39, 0.29) is 33.2 Å². The van der Waals surface area contributed by atoms with Crippen molar-refractivity contribution in [1.82, 2.24) is 20.4 Å². The Morgan fingerprint density at radius 2 is 1.75 bits per heavy atom. The van der Waals surface area contributed by atoms with Crippen LogP contribution in [0, 0.1) is 6.92 Å². The van der Waals surface area contributed by atoms with Gasteiger partial charge in [-0.1, -0.05) is 11.2 Å². The second-order valence-electron chi connectivity index (χ2n) is 8.56. The van der Waals surface area contributed by atoms with Gasteiger partial charge in [0, 0.05) is 12.7 Å². The number of aryl methyl sites for hydroxylation is 1. The Hall–Kier alpha value is -3.83. The van der Waals surface area contributed by atoms with E-state index in [2.05, 4.69) is 20.3 Å². The Morgan fingerprint density at radius 1 is 1.07 bits per heavy atom. The molecule has 220 valence electrons. The number of hydrogen-bond acceptors (Lipinski definition) is 6. The lowest BCUT2D eigenvalue weighted by molar-refractivity contribution is -0.277. The van der Waals surface area contributed by atoms with E-state index < -0.39 is 73.6 Å². The van der Waals surface area contributed by atoms with E-state index in [9.17, 15) is 49.1 Å². The number of rotatable bonds is 8. The Morgan fingerprint density at radius 3 is 2.30 bits per heavy atom. The van der Waals surface area contributed by atoms with Gasteiger partial charge in [-0.25, -0.2) is 4.68 Å². The standard InChI is InChI=1S/C22H20F9N5O4/c1-11-5-12(3-4-13(11)18(38)32-8-17(37)33-9-20(23,24)25)14-7-19(40-35-14,22(29,30)31)15-6-16(21(26,27)28)36(34-15)10-39-2/h3-6H,7-10H2,1-2H3,(H,32,38)(H,33,37). The van der Waals surface area contributed by atoms with Gasteiger partial charge >= 0.3 is 18.5 Å². The first-order valence-electron chi connectivity index (χ1n) is 11.1. The molecule has 2 N–H and O–H groups in total. The fourth-order valence-electron chi connectivity index (χ4n) is 3.70. The maximum Gasteiger partial charge on any atom is 0.437 e. The van der Waals surface area contributed by atoms with Crippen molar-refractivity contribution in [3.05, 3.63) is 52.3 Å². The van der Waals surface area contributed by atoms with E-state index in [1.165, 1.54) is 25.1 Å². The van der Waals surface area contributed by atoms with Gasteiger partial charge in [0.2, 0.25) is 5.91 Å². The van der Waals surface area contributed by atoms with E-state index in [4.69, 9.17) is 4.84 Å². The number of hydrogen-bond donors (Lipinski definition) is 2. The second kappa shape index (κ2) is 11.0. The van der Waals surface area contributed by atoms with Gasteiger partial charge in [-0.2, -0.15) is 44.6 Å². The number of alkyl halides is 9. The van der Waals surface area contributed by atoms with Crippen LogP contribution in [0.25, 0.3) is 0 Å². The molecule has 0 radical (unpaired) electrons. The van der Waals surface area contributed by atoms with E-state index in [1.807, 2.05) is 0 Å². The molecule has 18 heteroatoms. The third kappa shape index (κ3) is 6.65. The van der Waals surface area contributed by atoms with Crippen LogP contribution in [0.5, 0.6) is 0 Å². The maximum absolute atomic E-state index is 14.2. The van der Waals surface area contributed by atoms with Gasteiger partial charge < -0.3 is 20.2 Å². The number of carbonyl (C=O) groups is 2. The lowest BCUT2D eigenvalue weighted by Gasteiger charge is -2.27. The van der Waals surface area contributed by atoms with Crippen molar-refractivity contribution < 1.29 is 58.7 Å². The number of aromatic nitrogens is 2. The molecule has 0 spiro atoms. The number of oxime groups is 1. The lowest BCUT2D eigenvalue weighted by atomic mass is 9.89. The molecule has 2 amide bonds. The number of ether oxygens (including phenoxy) is 1. The minimum absolute atomic E-state index is 0.0375. The van der Waals surface area contributed by atoms with Crippen molar-refractivity contribution >= 4 is 17.5 Å². The third-order valence-corrected chi connectivity index (χ3v) is 5.62. The number of benzene rings is 1. The molecule has 1 aliphatic rings. The van der Waals surface area contributed by atoms with Crippen LogP contribution < -0.4 is 10.6 Å². The number of methoxy groups -OCH3 is 1. The molecule has 1 aromatic carbocycles. The lowest BCUT2D eigenvalue weighted by Crippen LogP contribution is -2.43. The van der Waals surface area contributed by atoms with Gasteiger partial charge in [-0.15, -0.1) is 0 Å². The zero-order valence-electron chi connectivity index (χ0n) is 20.5. The third-order valence-electron chi connectivity index (χ3n) is 5.62. The highest BCUT2D eigenvalue weighted by atomic mass is 19.4. The highest BCUT2D eigenvalue weighted by Crippen LogP contribution is 2.49. The summed E-state index contributed by atoms with van der Waals surface area (Å²) in [6.45, 7) is -1.77. The molecule has 1 aliphatic heterocycles. The molecule has 0 saturated heterocycles. The van der Waals surface area contributed by atoms with Crippen molar-refractivity contribution in [3.63, 3.8) is 0 Å². The Kier molecular flexibility index (Phi) is 8.43. The van der Waals surface area contributed by atoms with E-state index in [1.54, 1.807) is 5.32 Å². The van der Waals surface area contributed by atoms with Crippen LogP contribution in [-0.2, 0) is 32.9 Å². The molecule has 2 heterocycles. The summed E-state index contributed by atoms with van der Waals surface area (Å²) in [4.78, 5) is 28.6. The van der Waals surface area contributed by atoms with Gasteiger partial charge in [-0.05, 0) is 36.2 Å². The quantitative estimate of drug-likeness (QED) is 0.456. The molecule has 40 heavy (non-hydrogen) atoms. The van der Waals surface area contributed by atoms with Crippen LogP contribution in [0.3, 0.4) is 0 Å². The predicted molar refractivity (Wildman–Crippen MR) is 117 cm³/mol. The highest BCUT2D eigenvalue weighted by Gasteiger charge is 2.64. The zero-order valence-corrected chi connectivity index (χ0v) is 20.5. The first-order chi connectivity index (χ1) is 18.4. The van der Waals surface area contributed by atoms with Crippen LogP contribution in [0.4, 0.5) is 39.5 Å². The van der Waals surface area contributed by atoms with Crippen LogP contribution in [0.15, 0.2) is 29.4 Å². The largest absolute Gasteiger partial charge is 0.437 e. The average molecular weight is 589 g/mol. The zero-order chi connectivity index (χ0) is 30.1. The Labute approximate surface area is 219 Å². The first kappa shape index (κ1) is 30.7. The molecule has 0 fully saturated rings. The number of halogens is 9. The summed E-state index contributed by atoms with van der Waals surface area (Å²) in [6, 6.07) is 3.80. The molecule has 9 nitrogen and oxygen atoms in total. The number of carbonyl (C=O) groups excluding carboxylic acids is 2. The summed E-state index contributed by atoms with van der Waals surface area (Å²) in [5.74, 6) is -1.97. The highest BCUT2D eigenvalue weighted by molar-refractivity contribution is 6.04. The molecule has 2 aromatic rings. The average Bonchev–Trinajstić information content (AvgIpc) is 3.46. The molecule has 1 aromatic heterocycles. The summed E-state index contributed by atoms with van der Waals surface area (Å²) in [5, 5.41) is 10.6. The minimum Gasteiger partial charge on any atom is -0.372 e. The number of nitrogens with one attached hydrogen (secondary N) is 2. The Balaban J connectivity index is 1.81. The summed E-state index contributed by atoms with van der Waals surface area (Å²) < 4.78 is 124. The maximum atomic E-state index is 14.2. The summed E-state index contributed by atoms with van der Waals surface area (Å²) in [6.07, 6.45) is -16.0. The first-order valence-corrected chi connectivity index (χ1v) is 11.1. The van der Waals surface area contributed by atoms with Crippen LogP contribution in [0.1, 0.15) is 39.3 Å². The van der Waals surface area contributed by atoms with Crippen molar-refractivity contribution in [2.45, 2.75) is 44.2 Å². The van der Waals surface area contributed by atoms with E-state index in [0.29, 0.717) is 0 Å². The molecule has 1 atom stereocenters. The van der Waals surface area contributed by atoms with Gasteiger partial charge in [0.1, 0.15) is 24.7 Å². The monoisotopic (exact) mass is 589 g/mol. The second-order valence-corrected chi connectivity index (χ2v) is 8.56. The van der Waals surface area contributed by atoms with Crippen LogP contribution >= 0.6 is 0 Å². The molecule has 0 bridgehead atoms. The van der Waals surface area contributed by atoms with E-state index >= 15 is 0 Å². The van der Waals surface area contributed by atoms with Gasteiger partial charge in [0.25, 0.3) is 11.5 Å². The summed E-state index contributed by atoms with van der Waals surface area (Å²) >= 11 is 0. The normalized spacial score (nSPS) is 17.8. The molecular formula is C22H20F9N5O4. The number of nitrogens with zero attached hydrogens (tertiary/aromatic N) is 3. The molecule has 3 rings (SSSR count). The van der Waals surface area contributed by atoms with Crippen molar-refractivity contribution in [1.29, 1.82) is 0 Å². The van der Waals surface area contributed by atoms with E-state index in [0.717, 1.165) is 7.11 Å². The Bertz CT molecular complexity index is 1300. The minimum atomic E-state index is -5.26. The van der Waals surface area contributed by atoms with Gasteiger partial charge in [0.15, 0.2) is 0 Å². The fraction of sp³-hybridized carbons (Fsp3) is 0.455. The van der Waals surface area contributed by atoms with Crippen molar-refractivity contribution in [3.8, 4) is 0 Å². The summed E-state index contributed by atoms with van der Waals surface area (Å²) in [7, 11) is 1.03. The van der Waals surface area contributed by atoms with Crippen LogP contribution in [0.2, 0.25) is 0 Å². The molecular weight excluding hydrogens is 569 g/mol.